The number of nitrogens with two attached hydrogens (primary N) is 3. The quantitative estimate of drug-likeness (QED) is 0.0961. The first-order valence-corrected chi connectivity index (χ1v) is 16.0. The predicted molar refractivity (Wildman–Crippen MR) is 177 cm³/mol. The number of aromatic nitrogens is 2. The van der Waals surface area contributed by atoms with Gasteiger partial charge < -0.3 is 31.6 Å². The van der Waals surface area contributed by atoms with Crippen molar-refractivity contribution in [3.63, 3.8) is 0 Å². The molecule has 47 heavy (non-hydrogen) atoms. The number of hydrogen-bond acceptors (Lipinski definition) is 6. The number of hydrogen-bond donors (Lipinski definition) is 4. The van der Waals surface area contributed by atoms with E-state index in [-0.39, 0.29) is 24.3 Å². The van der Waals surface area contributed by atoms with Crippen LogP contribution in [0.5, 0.6) is 0 Å². The van der Waals surface area contributed by atoms with E-state index in [1.54, 1.807) is 28.8 Å². The molecule has 7 N–H and O–H groups in total. The molecule has 0 fully saturated rings. The van der Waals surface area contributed by atoms with E-state index in [0.717, 1.165) is 37.3 Å². The van der Waals surface area contributed by atoms with Gasteiger partial charge in [0.25, 0.3) is 0 Å². The van der Waals surface area contributed by atoms with Crippen molar-refractivity contribution in [2.75, 3.05) is 39.8 Å². The Hall–Kier alpha value is -4.10. The molecule has 12 heteroatoms. The maximum atomic E-state index is 14.1. The number of Topliss-reactive ketones (excluding diaryl/α,β-unsaturated/α-hetero) is 1. The molecule has 0 aliphatic rings. The van der Waals surface area contributed by atoms with Crippen molar-refractivity contribution in [1.29, 1.82) is 0 Å². The lowest BCUT2D eigenvalue weighted by Crippen LogP contribution is -2.52. The monoisotopic (exact) mass is 652 g/mol. The van der Waals surface area contributed by atoms with Gasteiger partial charge in [0.15, 0.2) is 23.2 Å². The first kappa shape index (κ1) is 35.7. The third kappa shape index (κ3) is 9.71. The first-order chi connectivity index (χ1) is 22.5. The lowest BCUT2D eigenvalue weighted by atomic mass is 9.99. The van der Waals surface area contributed by atoms with Crippen LogP contribution in [0, 0.1) is 17.5 Å². The highest BCUT2D eigenvalue weighted by atomic mass is 19.2. The SMILES string of the molecule is C[N+](CCN)(CCN)CCC[C@H](N)C(=O)N[C@H](CCc1ccccc1)C(=O)Cc1nc2ccccc2n1Cc1cc(F)c(F)c(F)c1. The zero-order valence-electron chi connectivity index (χ0n) is 26.8. The molecule has 252 valence electrons. The highest BCUT2D eigenvalue weighted by molar-refractivity contribution is 5.92. The summed E-state index contributed by atoms with van der Waals surface area (Å²) < 4.78 is 44.1. The Balaban J connectivity index is 1.52. The third-order valence-electron chi connectivity index (χ3n) is 8.61. The number of ketones is 1. The van der Waals surface area contributed by atoms with E-state index in [1.807, 2.05) is 30.3 Å². The lowest BCUT2D eigenvalue weighted by Gasteiger charge is -2.34. The number of quaternary nitrogens is 1. The van der Waals surface area contributed by atoms with Crippen molar-refractivity contribution in [2.24, 2.45) is 17.2 Å². The largest absolute Gasteiger partial charge is 0.345 e. The Morgan fingerprint density at radius 2 is 1.53 bits per heavy atom. The summed E-state index contributed by atoms with van der Waals surface area (Å²) in [4.78, 5) is 31.9. The van der Waals surface area contributed by atoms with E-state index in [4.69, 9.17) is 17.2 Å². The number of fused-ring (bicyclic) bond motifs is 1. The van der Waals surface area contributed by atoms with Crippen LogP contribution in [0.15, 0.2) is 66.7 Å². The van der Waals surface area contributed by atoms with Gasteiger partial charge in [-0.25, -0.2) is 18.2 Å². The maximum absolute atomic E-state index is 14.1. The number of carbonyl (C=O) groups is 2. The second-order valence-electron chi connectivity index (χ2n) is 12.3. The number of aryl methyl sites for hydroxylation is 1. The van der Waals surface area contributed by atoms with Gasteiger partial charge in [0.05, 0.1) is 56.2 Å². The third-order valence-corrected chi connectivity index (χ3v) is 8.61. The van der Waals surface area contributed by atoms with Gasteiger partial charge in [-0.05, 0) is 61.1 Å². The van der Waals surface area contributed by atoms with Crippen LogP contribution in [0.2, 0.25) is 0 Å². The number of rotatable bonds is 18. The Labute approximate surface area is 273 Å². The zero-order chi connectivity index (χ0) is 34.0. The molecular formula is C35H45F3N7O2+. The summed E-state index contributed by atoms with van der Waals surface area (Å²) in [6, 6.07) is 16.9. The summed E-state index contributed by atoms with van der Waals surface area (Å²) in [5, 5.41) is 2.89. The fraction of sp³-hybridized carbons (Fsp3) is 0.400. The van der Waals surface area contributed by atoms with E-state index >= 15 is 0 Å². The predicted octanol–water partition coefficient (Wildman–Crippen LogP) is 3.20. The number of halogens is 3. The van der Waals surface area contributed by atoms with Gasteiger partial charge in [0.1, 0.15) is 5.82 Å². The van der Waals surface area contributed by atoms with E-state index < -0.39 is 35.4 Å². The lowest BCUT2D eigenvalue weighted by molar-refractivity contribution is -0.907. The fourth-order valence-corrected chi connectivity index (χ4v) is 5.93. The van der Waals surface area contributed by atoms with Crippen LogP contribution in [0.3, 0.4) is 0 Å². The summed E-state index contributed by atoms with van der Waals surface area (Å²) in [6.07, 6.45) is 1.81. The van der Waals surface area contributed by atoms with Crippen LogP contribution in [0.4, 0.5) is 13.2 Å². The Kier molecular flexibility index (Phi) is 12.7. The molecule has 0 radical (unpaired) electrons. The van der Waals surface area contributed by atoms with Crippen LogP contribution in [-0.2, 0) is 29.0 Å². The summed E-state index contributed by atoms with van der Waals surface area (Å²) in [5.41, 5.74) is 20.3. The number of likely N-dealkylation sites (N-methyl/N-ethyl adjacent to an activating group) is 1. The van der Waals surface area contributed by atoms with Crippen LogP contribution in [0.25, 0.3) is 11.0 Å². The molecule has 0 aliphatic heterocycles. The molecule has 2 atom stereocenters. The normalized spacial score (nSPS) is 13.1. The zero-order valence-corrected chi connectivity index (χ0v) is 26.8. The summed E-state index contributed by atoms with van der Waals surface area (Å²) >= 11 is 0. The molecule has 1 heterocycles. The van der Waals surface area contributed by atoms with Gasteiger partial charge in [-0.1, -0.05) is 42.5 Å². The van der Waals surface area contributed by atoms with Crippen LogP contribution < -0.4 is 22.5 Å². The van der Waals surface area contributed by atoms with Crippen molar-refractivity contribution >= 4 is 22.7 Å². The fourth-order valence-electron chi connectivity index (χ4n) is 5.93. The molecule has 0 saturated heterocycles. The number of nitrogens with zero attached hydrogens (tertiary/aromatic N) is 3. The van der Waals surface area contributed by atoms with Crippen molar-refractivity contribution < 1.29 is 27.2 Å². The van der Waals surface area contributed by atoms with Crippen molar-refractivity contribution in [3.05, 3.63) is 101 Å². The number of imidazole rings is 1. The van der Waals surface area contributed by atoms with Crippen LogP contribution >= 0.6 is 0 Å². The van der Waals surface area contributed by atoms with Gasteiger partial charge in [-0.15, -0.1) is 0 Å². The Morgan fingerprint density at radius 1 is 0.894 bits per heavy atom. The molecule has 4 rings (SSSR count). The Bertz CT molecular complexity index is 1620. The molecular weight excluding hydrogens is 607 g/mol. The topological polar surface area (TPSA) is 142 Å². The van der Waals surface area contributed by atoms with E-state index in [0.29, 0.717) is 60.1 Å². The second kappa shape index (κ2) is 16.6. The molecule has 0 bridgehead atoms. The number of benzene rings is 3. The number of para-hydroxylation sites is 2. The second-order valence-corrected chi connectivity index (χ2v) is 12.3. The van der Waals surface area contributed by atoms with Crippen LogP contribution in [0.1, 0.15) is 36.2 Å². The first-order valence-electron chi connectivity index (χ1n) is 16.0. The van der Waals surface area contributed by atoms with Crippen molar-refractivity contribution in [2.45, 2.75) is 50.7 Å². The average Bonchev–Trinajstić information content (AvgIpc) is 3.38. The standard InChI is InChI=1S/C35H44F3N7O2/c1-45(18-15-39,19-16-40)17-7-10-28(41)35(47)43-30(14-13-24-8-3-2-4-9-24)32(46)22-33-42-29-11-5-6-12-31(29)44(33)23-25-20-26(36)34(38)27(37)21-25/h2-6,8-9,11-12,20-21,28,30H,7,10,13-19,22-23,39-41H2,1H3/p+1/t28-,30+/m0/s1. The molecule has 0 saturated carbocycles. The number of carbonyl (C=O) groups excluding carboxylic acids is 2. The summed E-state index contributed by atoms with van der Waals surface area (Å²) in [7, 11) is 2.08. The van der Waals surface area contributed by atoms with Gasteiger partial charge in [-0.2, -0.15) is 0 Å². The van der Waals surface area contributed by atoms with Gasteiger partial charge in [0.2, 0.25) is 5.91 Å². The highest BCUT2D eigenvalue weighted by Crippen LogP contribution is 2.22. The maximum Gasteiger partial charge on any atom is 0.237 e. The summed E-state index contributed by atoms with van der Waals surface area (Å²) in [5.74, 6) is -4.51. The minimum Gasteiger partial charge on any atom is -0.345 e. The molecule has 0 unspecified atom stereocenters. The van der Waals surface area contributed by atoms with Gasteiger partial charge >= 0.3 is 0 Å². The van der Waals surface area contributed by atoms with Gasteiger partial charge in [-0.3, -0.25) is 9.59 Å². The van der Waals surface area contributed by atoms with Crippen molar-refractivity contribution in [3.8, 4) is 0 Å². The van der Waals surface area contributed by atoms with Crippen LogP contribution in [-0.4, -0.2) is 77.6 Å². The molecule has 3 aromatic carbocycles. The average molecular weight is 653 g/mol. The van der Waals surface area contributed by atoms with Gasteiger partial charge in [0, 0.05) is 19.6 Å². The smallest absolute Gasteiger partial charge is 0.237 e. The number of amides is 1. The molecule has 9 nitrogen and oxygen atoms in total. The van der Waals surface area contributed by atoms with Crippen molar-refractivity contribution in [1.82, 2.24) is 14.9 Å². The number of nitrogens with one attached hydrogen (secondary N) is 1. The minimum absolute atomic E-state index is 0.0467. The highest BCUT2D eigenvalue weighted by Gasteiger charge is 2.27. The molecule has 1 amide bonds. The Morgan fingerprint density at radius 3 is 2.19 bits per heavy atom. The molecule has 0 aliphatic carbocycles. The van der Waals surface area contributed by atoms with E-state index in [9.17, 15) is 22.8 Å². The van der Waals surface area contributed by atoms with E-state index in [2.05, 4.69) is 17.3 Å². The molecule has 4 aromatic rings. The van der Waals surface area contributed by atoms with E-state index in [1.165, 1.54) is 0 Å². The molecule has 1 aromatic heterocycles. The minimum atomic E-state index is -1.55. The summed E-state index contributed by atoms with van der Waals surface area (Å²) in [6.45, 7) is 3.31. The molecule has 0 spiro atoms.